The number of benzene rings is 1. The maximum atomic E-state index is 6.20. The molecule has 0 radical (unpaired) electrons. The standard InChI is InChI=1S/C18H31NO2/c1-6-15(4)17-9-7-8-10-18(17)21-16(13-20-5)12-19-11-14(2)3/h7-10,14-16,19H,6,11-13H2,1-5H3. The van der Waals surface area contributed by atoms with Crippen molar-refractivity contribution in [1.29, 1.82) is 0 Å². The highest BCUT2D eigenvalue weighted by molar-refractivity contribution is 5.36. The van der Waals surface area contributed by atoms with Gasteiger partial charge in [-0.25, -0.2) is 0 Å². The van der Waals surface area contributed by atoms with E-state index in [0.717, 1.165) is 25.3 Å². The van der Waals surface area contributed by atoms with Crippen molar-refractivity contribution in [3.63, 3.8) is 0 Å². The minimum absolute atomic E-state index is 0.0407. The molecule has 21 heavy (non-hydrogen) atoms. The summed E-state index contributed by atoms with van der Waals surface area (Å²) >= 11 is 0. The van der Waals surface area contributed by atoms with Gasteiger partial charge in [-0.05, 0) is 36.4 Å². The maximum Gasteiger partial charge on any atom is 0.134 e. The summed E-state index contributed by atoms with van der Waals surface area (Å²) in [5.74, 6) is 2.13. The van der Waals surface area contributed by atoms with Gasteiger partial charge >= 0.3 is 0 Å². The molecule has 2 atom stereocenters. The highest BCUT2D eigenvalue weighted by Crippen LogP contribution is 2.29. The largest absolute Gasteiger partial charge is 0.486 e. The molecule has 0 amide bonds. The zero-order chi connectivity index (χ0) is 15.7. The van der Waals surface area contributed by atoms with E-state index in [1.807, 2.05) is 6.07 Å². The van der Waals surface area contributed by atoms with Gasteiger partial charge in [0, 0.05) is 13.7 Å². The van der Waals surface area contributed by atoms with E-state index in [9.17, 15) is 0 Å². The smallest absolute Gasteiger partial charge is 0.134 e. The van der Waals surface area contributed by atoms with Crippen LogP contribution in [0.3, 0.4) is 0 Å². The number of ether oxygens (including phenoxy) is 2. The lowest BCUT2D eigenvalue weighted by atomic mass is 9.98. The molecule has 0 saturated heterocycles. The van der Waals surface area contributed by atoms with E-state index in [1.165, 1.54) is 5.56 Å². The van der Waals surface area contributed by atoms with Crippen LogP contribution in [-0.2, 0) is 4.74 Å². The maximum absolute atomic E-state index is 6.20. The predicted octanol–water partition coefficient (Wildman–Crippen LogP) is 3.84. The lowest BCUT2D eigenvalue weighted by Crippen LogP contribution is -2.36. The van der Waals surface area contributed by atoms with Gasteiger partial charge in [0.15, 0.2) is 0 Å². The van der Waals surface area contributed by atoms with Crippen molar-refractivity contribution in [3.8, 4) is 5.75 Å². The third-order valence-corrected chi connectivity index (χ3v) is 3.63. The Morgan fingerprint density at radius 2 is 1.81 bits per heavy atom. The fourth-order valence-electron chi connectivity index (χ4n) is 2.25. The first-order chi connectivity index (χ1) is 10.1. The summed E-state index contributed by atoms with van der Waals surface area (Å²) < 4.78 is 11.5. The molecule has 0 bridgehead atoms. The van der Waals surface area contributed by atoms with Gasteiger partial charge in [0.05, 0.1) is 6.61 Å². The Bertz CT molecular complexity index is 393. The van der Waals surface area contributed by atoms with Gasteiger partial charge in [-0.3, -0.25) is 0 Å². The van der Waals surface area contributed by atoms with Crippen molar-refractivity contribution in [1.82, 2.24) is 5.32 Å². The van der Waals surface area contributed by atoms with Crippen molar-refractivity contribution in [2.24, 2.45) is 5.92 Å². The molecule has 1 rings (SSSR count). The van der Waals surface area contributed by atoms with Crippen molar-refractivity contribution in [3.05, 3.63) is 29.8 Å². The van der Waals surface area contributed by atoms with E-state index in [1.54, 1.807) is 7.11 Å². The predicted molar refractivity (Wildman–Crippen MR) is 89.1 cm³/mol. The van der Waals surface area contributed by atoms with E-state index in [2.05, 4.69) is 51.2 Å². The third kappa shape index (κ3) is 6.49. The number of hydrogen-bond donors (Lipinski definition) is 1. The van der Waals surface area contributed by atoms with Crippen LogP contribution in [0.25, 0.3) is 0 Å². The number of methoxy groups -OCH3 is 1. The summed E-state index contributed by atoms with van der Waals surface area (Å²) in [6.45, 7) is 11.3. The molecule has 0 fully saturated rings. The molecular formula is C18H31NO2. The first kappa shape index (κ1) is 18.0. The van der Waals surface area contributed by atoms with Gasteiger partial charge in [-0.1, -0.05) is 45.9 Å². The quantitative estimate of drug-likeness (QED) is 0.711. The Hall–Kier alpha value is -1.06. The summed E-state index contributed by atoms with van der Waals surface area (Å²) in [7, 11) is 1.72. The highest BCUT2D eigenvalue weighted by atomic mass is 16.5. The molecule has 3 heteroatoms. The van der Waals surface area contributed by atoms with Crippen LogP contribution in [0.4, 0.5) is 0 Å². The molecule has 0 spiro atoms. The van der Waals surface area contributed by atoms with Gasteiger partial charge in [0.1, 0.15) is 11.9 Å². The number of rotatable bonds is 10. The SMILES string of the molecule is CCC(C)c1ccccc1OC(CNCC(C)C)COC. The van der Waals surface area contributed by atoms with Crippen LogP contribution in [0.1, 0.15) is 45.6 Å². The Balaban J connectivity index is 2.69. The van der Waals surface area contributed by atoms with Crippen molar-refractivity contribution in [2.75, 3.05) is 26.8 Å². The molecule has 1 aromatic carbocycles. The number of nitrogens with one attached hydrogen (secondary N) is 1. The first-order valence-electron chi connectivity index (χ1n) is 8.03. The zero-order valence-corrected chi connectivity index (χ0v) is 14.2. The fraction of sp³-hybridized carbons (Fsp3) is 0.667. The van der Waals surface area contributed by atoms with Gasteiger partial charge in [-0.2, -0.15) is 0 Å². The summed E-state index contributed by atoms with van der Waals surface area (Å²) in [4.78, 5) is 0. The minimum atomic E-state index is 0.0407. The highest BCUT2D eigenvalue weighted by Gasteiger charge is 2.15. The van der Waals surface area contributed by atoms with Crippen LogP contribution < -0.4 is 10.1 Å². The van der Waals surface area contributed by atoms with Crippen LogP contribution in [0.5, 0.6) is 5.75 Å². The molecule has 0 heterocycles. The van der Waals surface area contributed by atoms with Crippen molar-refractivity contribution in [2.45, 2.75) is 46.1 Å². The van der Waals surface area contributed by atoms with Crippen LogP contribution in [-0.4, -0.2) is 32.9 Å². The van der Waals surface area contributed by atoms with E-state index >= 15 is 0 Å². The second-order valence-electron chi connectivity index (χ2n) is 6.09. The molecule has 2 unspecified atom stereocenters. The summed E-state index contributed by atoms with van der Waals surface area (Å²) in [5, 5.41) is 3.45. The van der Waals surface area contributed by atoms with E-state index in [0.29, 0.717) is 18.4 Å². The van der Waals surface area contributed by atoms with E-state index in [4.69, 9.17) is 9.47 Å². The Morgan fingerprint density at radius 3 is 2.43 bits per heavy atom. The van der Waals surface area contributed by atoms with Gasteiger partial charge in [0.25, 0.3) is 0 Å². The second-order valence-corrected chi connectivity index (χ2v) is 6.09. The first-order valence-corrected chi connectivity index (χ1v) is 8.03. The lowest BCUT2D eigenvalue weighted by molar-refractivity contribution is 0.0793. The molecule has 0 aliphatic heterocycles. The third-order valence-electron chi connectivity index (χ3n) is 3.63. The molecule has 0 aromatic heterocycles. The second kappa shape index (κ2) is 9.80. The molecule has 0 saturated carbocycles. The van der Waals surface area contributed by atoms with Gasteiger partial charge in [-0.15, -0.1) is 0 Å². The zero-order valence-electron chi connectivity index (χ0n) is 14.2. The normalized spacial score (nSPS) is 14.2. The fourth-order valence-corrected chi connectivity index (χ4v) is 2.25. The van der Waals surface area contributed by atoms with E-state index < -0.39 is 0 Å². The Kier molecular flexibility index (Phi) is 8.40. The molecule has 0 aliphatic rings. The lowest BCUT2D eigenvalue weighted by Gasteiger charge is -2.23. The monoisotopic (exact) mass is 293 g/mol. The molecule has 1 aromatic rings. The molecule has 3 nitrogen and oxygen atoms in total. The van der Waals surface area contributed by atoms with Crippen LogP contribution in [0.2, 0.25) is 0 Å². The van der Waals surface area contributed by atoms with Gasteiger partial charge in [0.2, 0.25) is 0 Å². The average Bonchev–Trinajstić information content (AvgIpc) is 2.47. The van der Waals surface area contributed by atoms with Crippen molar-refractivity contribution < 1.29 is 9.47 Å². The molecule has 0 aliphatic carbocycles. The van der Waals surface area contributed by atoms with Crippen LogP contribution >= 0.6 is 0 Å². The Morgan fingerprint density at radius 1 is 1.10 bits per heavy atom. The summed E-state index contributed by atoms with van der Waals surface area (Å²) in [6, 6.07) is 8.34. The Labute approximate surface area is 130 Å². The van der Waals surface area contributed by atoms with Crippen LogP contribution in [0.15, 0.2) is 24.3 Å². The minimum Gasteiger partial charge on any atom is -0.486 e. The summed E-state index contributed by atoms with van der Waals surface area (Å²) in [6.07, 6.45) is 1.15. The number of para-hydroxylation sites is 1. The molecule has 1 N–H and O–H groups in total. The van der Waals surface area contributed by atoms with Crippen molar-refractivity contribution >= 4 is 0 Å². The molecular weight excluding hydrogens is 262 g/mol. The summed E-state index contributed by atoms with van der Waals surface area (Å²) in [5.41, 5.74) is 1.28. The number of hydrogen-bond acceptors (Lipinski definition) is 3. The van der Waals surface area contributed by atoms with Gasteiger partial charge < -0.3 is 14.8 Å². The average molecular weight is 293 g/mol. The topological polar surface area (TPSA) is 30.5 Å². The van der Waals surface area contributed by atoms with E-state index in [-0.39, 0.29) is 6.10 Å². The molecule has 120 valence electrons. The van der Waals surface area contributed by atoms with Crippen LogP contribution in [0, 0.1) is 5.92 Å².